The van der Waals surface area contributed by atoms with Crippen molar-refractivity contribution in [3.63, 3.8) is 0 Å². The van der Waals surface area contributed by atoms with E-state index >= 15 is 0 Å². The molecule has 1 aromatic heterocycles. The van der Waals surface area contributed by atoms with Crippen molar-refractivity contribution in [2.75, 3.05) is 32.7 Å². The molecule has 0 bridgehead atoms. The van der Waals surface area contributed by atoms with Gasteiger partial charge in [-0.3, -0.25) is 18.8 Å². The van der Waals surface area contributed by atoms with E-state index < -0.39 is 0 Å². The fraction of sp³-hybridized carbons (Fsp3) is 0.636. The minimum Gasteiger partial charge on any atom is -0.314 e. The standard InChI is InChI=1S/C11H18N4O2/c1-13-10(16)2-5-15(11(13)17)9-8-14-6-3-12-4-7-14/h2,5,12H,3-4,6-9H2,1H3. The van der Waals surface area contributed by atoms with E-state index in [-0.39, 0.29) is 11.2 Å². The third-order valence-corrected chi connectivity index (χ3v) is 3.13. The minimum absolute atomic E-state index is 0.243. The predicted molar refractivity (Wildman–Crippen MR) is 65.3 cm³/mol. The molecule has 0 spiro atoms. The van der Waals surface area contributed by atoms with Crippen LogP contribution in [0.5, 0.6) is 0 Å². The number of nitrogens with one attached hydrogen (secondary N) is 1. The van der Waals surface area contributed by atoms with Crippen LogP contribution in [-0.4, -0.2) is 46.8 Å². The lowest BCUT2D eigenvalue weighted by molar-refractivity contribution is 0.230. The van der Waals surface area contributed by atoms with E-state index in [1.54, 1.807) is 10.8 Å². The van der Waals surface area contributed by atoms with Crippen molar-refractivity contribution < 1.29 is 0 Å². The van der Waals surface area contributed by atoms with E-state index in [0.29, 0.717) is 6.54 Å². The molecule has 6 nitrogen and oxygen atoms in total. The molecule has 6 heteroatoms. The van der Waals surface area contributed by atoms with Crippen LogP contribution in [0, 0.1) is 0 Å². The van der Waals surface area contributed by atoms with Gasteiger partial charge in [-0.2, -0.15) is 0 Å². The van der Waals surface area contributed by atoms with Crippen molar-refractivity contribution in [3.05, 3.63) is 33.1 Å². The monoisotopic (exact) mass is 238 g/mol. The second-order valence-corrected chi connectivity index (χ2v) is 4.28. The van der Waals surface area contributed by atoms with Crippen LogP contribution in [0.1, 0.15) is 0 Å². The highest BCUT2D eigenvalue weighted by Crippen LogP contribution is 1.92. The van der Waals surface area contributed by atoms with E-state index in [1.807, 2.05) is 0 Å². The Bertz CT molecular complexity index is 485. The first-order valence-electron chi connectivity index (χ1n) is 5.88. The molecule has 1 aliphatic rings. The third-order valence-electron chi connectivity index (χ3n) is 3.13. The number of rotatable bonds is 3. The lowest BCUT2D eigenvalue weighted by Crippen LogP contribution is -2.45. The molecule has 94 valence electrons. The summed E-state index contributed by atoms with van der Waals surface area (Å²) in [5.74, 6) is 0. The topological polar surface area (TPSA) is 59.3 Å². The number of hydrogen-bond donors (Lipinski definition) is 1. The quantitative estimate of drug-likeness (QED) is 0.693. The van der Waals surface area contributed by atoms with Gasteiger partial charge in [0, 0.05) is 58.6 Å². The number of nitrogens with zero attached hydrogens (tertiary/aromatic N) is 3. The van der Waals surface area contributed by atoms with Crippen LogP contribution in [0.15, 0.2) is 21.9 Å². The summed E-state index contributed by atoms with van der Waals surface area (Å²) in [5.41, 5.74) is -0.499. The van der Waals surface area contributed by atoms with Gasteiger partial charge >= 0.3 is 5.69 Å². The van der Waals surface area contributed by atoms with E-state index in [4.69, 9.17) is 0 Å². The Labute approximate surface area is 99.5 Å². The highest BCUT2D eigenvalue weighted by molar-refractivity contribution is 4.85. The first-order valence-corrected chi connectivity index (χ1v) is 5.88. The molecule has 0 amide bonds. The van der Waals surface area contributed by atoms with Gasteiger partial charge in [0.25, 0.3) is 5.56 Å². The van der Waals surface area contributed by atoms with E-state index in [2.05, 4.69) is 10.2 Å². The number of piperazine rings is 1. The molecule has 1 aliphatic heterocycles. The van der Waals surface area contributed by atoms with Crippen LogP contribution in [0.25, 0.3) is 0 Å². The smallest absolute Gasteiger partial charge is 0.314 e. The largest absolute Gasteiger partial charge is 0.330 e. The van der Waals surface area contributed by atoms with Gasteiger partial charge in [-0.1, -0.05) is 0 Å². The second kappa shape index (κ2) is 5.29. The fourth-order valence-electron chi connectivity index (χ4n) is 1.97. The van der Waals surface area contributed by atoms with Crippen LogP contribution >= 0.6 is 0 Å². The normalized spacial score (nSPS) is 17.2. The van der Waals surface area contributed by atoms with Crippen LogP contribution in [0.4, 0.5) is 0 Å². The van der Waals surface area contributed by atoms with Crippen molar-refractivity contribution in [2.24, 2.45) is 7.05 Å². The zero-order chi connectivity index (χ0) is 12.3. The average molecular weight is 238 g/mol. The molecule has 0 atom stereocenters. The van der Waals surface area contributed by atoms with Gasteiger partial charge < -0.3 is 5.32 Å². The average Bonchev–Trinajstić information content (AvgIpc) is 2.36. The van der Waals surface area contributed by atoms with E-state index in [9.17, 15) is 9.59 Å². The molecule has 0 unspecified atom stereocenters. The molecule has 0 aromatic carbocycles. The Morgan fingerprint density at radius 1 is 1.24 bits per heavy atom. The summed E-state index contributed by atoms with van der Waals surface area (Å²) in [4.78, 5) is 25.3. The zero-order valence-electron chi connectivity index (χ0n) is 10.1. The maximum absolute atomic E-state index is 11.8. The van der Waals surface area contributed by atoms with Gasteiger partial charge in [0.05, 0.1) is 0 Å². The highest BCUT2D eigenvalue weighted by atomic mass is 16.2. The van der Waals surface area contributed by atoms with Gasteiger partial charge in [-0.05, 0) is 0 Å². The van der Waals surface area contributed by atoms with Crippen LogP contribution < -0.4 is 16.6 Å². The Morgan fingerprint density at radius 2 is 1.94 bits per heavy atom. The van der Waals surface area contributed by atoms with Crippen LogP contribution in [0.2, 0.25) is 0 Å². The maximum Gasteiger partial charge on any atom is 0.330 e. The Balaban J connectivity index is 2.01. The molecule has 1 fully saturated rings. The summed E-state index contributed by atoms with van der Waals surface area (Å²) >= 11 is 0. The van der Waals surface area contributed by atoms with Gasteiger partial charge in [0.15, 0.2) is 0 Å². The molecule has 17 heavy (non-hydrogen) atoms. The number of aromatic nitrogens is 2. The Kier molecular flexibility index (Phi) is 3.75. The van der Waals surface area contributed by atoms with Crippen molar-refractivity contribution in [3.8, 4) is 0 Å². The van der Waals surface area contributed by atoms with Crippen LogP contribution in [-0.2, 0) is 13.6 Å². The van der Waals surface area contributed by atoms with Gasteiger partial charge in [-0.25, -0.2) is 4.79 Å². The summed E-state index contributed by atoms with van der Waals surface area (Å²) in [6.07, 6.45) is 1.58. The summed E-state index contributed by atoms with van der Waals surface area (Å²) in [5, 5.41) is 3.29. The van der Waals surface area contributed by atoms with Crippen molar-refractivity contribution in [2.45, 2.75) is 6.54 Å². The number of hydrogen-bond acceptors (Lipinski definition) is 4. The summed E-state index contributed by atoms with van der Waals surface area (Å²) in [6, 6.07) is 1.43. The van der Waals surface area contributed by atoms with Crippen molar-refractivity contribution in [1.29, 1.82) is 0 Å². The van der Waals surface area contributed by atoms with Gasteiger partial charge in [0.1, 0.15) is 0 Å². The SMILES string of the molecule is Cn1c(=O)ccn(CCN2CCNCC2)c1=O. The molecule has 1 saturated heterocycles. The molecular weight excluding hydrogens is 220 g/mol. The summed E-state index contributed by atoms with van der Waals surface area (Å²) in [7, 11) is 1.51. The van der Waals surface area contributed by atoms with Gasteiger partial charge in [-0.15, -0.1) is 0 Å². The van der Waals surface area contributed by atoms with Crippen LogP contribution in [0.3, 0.4) is 0 Å². The van der Waals surface area contributed by atoms with E-state index in [0.717, 1.165) is 37.3 Å². The maximum atomic E-state index is 11.8. The molecule has 0 saturated carbocycles. The molecule has 1 N–H and O–H groups in total. The molecule has 2 rings (SSSR count). The minimum atomic E-state index is -0.256. The zero-order valence-corrected chi connectivity index (χ0v) is 10.1. The van der Waals surface area contributed by atoms with Crippen molar-refractivity contribution >= 4 is 0 Å². The predicted octanol–water partition coefficient (Wildman–Crippen LogP) is -1.55. The van der Waals surface area contributed by atoms with Crippen molar-refractivity contribution in [1.82, 2.24) is 19.4 Å². The molecule has 0 radical (unpaired) electrons. The molecule has 1 aromatic rings. The first-order chi connectivity index (χ1) is 8.18. The Morgan fingerprint density at radius 3 is 2.65 bits per heavy atom. The van der Waals surface area contributed by atoms with Gasteiger partial charge in [0.2, 0.25) is 0 Å². The highest BCUT2D eigenvalue weighted by Gasteiger charge is 2.09. The molecule has 2 heterocycles. The molecular formula is C11H18N4O2. The van der Waals surface area contributed by atoms with E-state index in [1.165, 1.54) is 13.1 Å². The second-order valence-electron chi connectivity index (χ2n) is 4.28. The lowest BCUT2D eigenvalue weighted by atomic mass is 10.3. The molecule has 0 aliphatic carbocycles. The Hall–Kier alpha value is -1.40. The lowest BCUT2D eigenvalue weighted by Gasteiger charge is -2.27. The third kappa shape index (κ3) is 2.83. The fourth-order valence-corrected chi connectivity index (χ4v) is 1.97. The summed E-state index contributed by atoms with van der Waals surface area (Å²) in [6.45, 7) is 5.51. The summed E-state index contributed by atoms with van der Waals surface area (Å²) < 4.78 is 2.72. The first kappa shape index (κ1) is 12.1.